The normalized spacial score (nSPS) is 20.0. The Labute approximate surface area is 187 Å². The molecule has 2 aliphatic heterocycles. The molecular formula is C25H28FN5O. The number of nitrogens with zero attached hydrogens (tertiary/aromatic N) is 3. The minimum atomic E-state index is -0.186. The molecule has 2 aliphatic rings. The van der Waals surface area contributed by atoms with Gasteiger partial charge in [-0.05, 0) is 49.1 Å². The van der Waals surface area contributed by atoms with Gasteiger partial charge in [0.2, 0.25) is 0 Å². The molecule has 166 valence electrons. The van der Waals surface area contributed by atoms with Gasteiger partial charge in [0.1, 0.15) is 11.5 Å². The number of anilines is 1. The molecule has 3 aromatic rings. The summed E-state index contributed by atoms with van der Waals surface area (Å²) >= 11 is 0. The van der Waals surface area contributed by atoms with Crippen LogP contribution < -0.4 is 15.5 Å². The van der Waals surface area contributed by atoms with Crippen LogP contribution in [0, 0.1) is 5.82 Å². The van der Waals surface area contributed by atoms with Crippen LogP contribution in [0.2, 0.25) is 0 Å². The number of aromatic nitrogens is 2. The van der Waals surface area contributed by atoms with E-state index in [4.69, 9.17) is 0 Å². The Morgan fingerprint density at radius 2 is 2.06 bits per heavy atom. The first-order chi connectivity index (χ1) is 15.6. The second-order valence-corrected chi connectivity index (χ2v) is 8.73. The highest BCUT2D eigenvalue weighted by Gasteiger charge is 2.33. The van der Waals surface area contributed by atoms with Gasteiger partial charge in [-0.1, -0.05) is 12.1 Å². The Kier molecular flexibility index (Phi) is 5.66. The van der Waals surface area contributed by atoms with Gasteiger partial charge >= 0.3 is 0 Å². The summed E-state index contributed by atoms with van der Waals surface area (Å²) in [4.78, 5) is 19.1. The van der Waals surface area contributed by atoms with Crippen LogP contribution in [0.5, 0.6) is 0 Å². The van der Waals surface area contributed by atoms with Crippen molar-refractivity contribution in [2.45, 2.75) is 37.9 Å². The van der Waals surface area contributed by atoms with Crippen molar-refractivity contribution in [2.75, 3.05) is 24.5 Å². The van der Waals surface area contributed by atoms with Crippen LogP contribution in [0.3, 0.4) is 0 Å². The Morgan fingerprint density at radius 1 is 1.25 bits per heavy atom. The van der Waals surface area contributed by atoms with Crippen LogP contribution in [0.4, 0.5) is 10.1 Å². The van der Waals surface area contributed by atoms with Crippen LogP contribution in [0.25, 0.3) is 11.0 Å². The Hall–Kier alpha value is -3.19. The molecule has 1 aromatic carbocycles. The Bertz CT molecular complexity index is 1140. The minimum Gasteiger partial charge on any atom is -0.366 e. The molecule has 2 saturated heterocycles. The summed E-state index contributed by atoms with van der Waals surface area (Å²) in [7, 11) is 0. The van der Waals surface area contributed by atoms with Gasteiger partial charge in [0.05, 0.1) is 11.3 Å². The second-order valence-electron chi connectivity index (χ2n) is 8.73. The maximum atomic E-state index is 14.8. The number of pyridine rings is 1. The van der Waals surface area contributed by atoms with E-state index in [1.165, 1.54) is 12.8 Å². The van der Waals surface area contributed by atoms with Crippen LogP contribution in [-0.4, -0.2) is 47.2 Å². The average molecular weight is 434 g/mol. The number of rotatable bonds is 7. The van der Waals surface area contributed by atoms with Crippen molar-refractivity contribution in [3.05, 3.63) is 72.3 Å². The van der Waals surface area contributed by atoms with Gasteiger partial charge in [-0.15, -0.1) is 6.58 Å². The van der Waals surface area contributed by atoms with Crippen LogP contribution >= 0.6 is 0 Å². The van der Waals surface area contributed by atoms with Crippen molar-refractivity contribution in [1.82, 2.24) is 20.2 Å². The van der Waals surface area contributed by atoms with E-state index in [0.717, 1.165) is 29.7 Å². The van der Waals surface area contributed by atoms with Gasteiger partial charge in [-0.3, -0.25) is 4.79 Å². The van der Waals surface area contributed by atoms with Crippen molar-refractivity contribution in [2.24, 2.45) is 0 Å². The maximum absolute atomic E-state index is 14.8. The van der Waals surface area contributed by atoms with Gasteiger partial charge < -0.3 is 20.1 Å². The molecule has 32 heavy (non-hydrogen) atoms. The molecule has 6 nitrogen and oxygen atoms in total. The molecule has 7 heteroatoms. The number of amides is 1. The zero-order valence-corrected chi connectivity index (χ0v) is 18.1. The Morgan fingerprint density at radius 3 is 2.81 bits per heavy atom. The summed E-state index contributed by atoms with van der Waals surface area (Å²) in [6.45, 7) is 6.58. The number of hydrogen-bond donors (Lipinski definition) is 2. The number of halogens is 1. The molecule has 0 radical (unpaired) electrons. The topological polar surface area (TPSA) is 62.2 Å². The zero-order chi connectivity index (χ0) is 22.1. The smallest absolute Gasteiger partial charge is 0.252 e. The van der Waals surface area contributed by atoms with Crippen molar-refractivity contribution in [3.8, 4) is 0 Å². The lowest BCUT2D eigenvalue weighted by atomic mass is 10.1. The number of carbonyl (C=O) groups excluding carboxylic acids is 1. The molecule has 1 amide bonds. The number of hydrogen-bond acceptors (Lipinski definition) is 4. The highest BCUT2D eigenvalue weighted by atomic mass is 19.1. The van der Waals surface area contributed by atoms with Crippen LogP contribution in [0.1, 0.15) is 28.8 Å². The fourth-order valence-corrected chi connectivity index (χ4v) is 4.87. The third-order valence-corrected chi connectivity index (χ3v) is 6.46. The van der Waals surface area contributed by atoms with Crippen LogP contribution in [-0.2, 0) is 13.0 Å². The van der Waals surface area contributed by atoms with Crippen molar-refractivity contribution in [1.29, 1.82) is 0 Å². The van der Waals surface area contributed by atoms with E-state index in [1.807, 2.05) is 41.1 Å². The van der Waals surface area contributed by atoms with Gasteiger partial charge in [-0.25, -0.2) is 9.37 Å². The van der Waals surface area contributed by atoms with E-state index in [-0.39, 0.29) is 11.7 Å². The molecule has 2 aromatic heterocycles. The first-order valence-electron chi connectivity index (χ1n) is 11.2. The van der Waals surface area contributed by atoms with Gasteiger partial charge in [-0.2, -0.15) is 0 Å². The predicted octanol–water partition coefficient (Wildman–Crippen LogP) is 3.27. The lowest BCUT2D eigenvalue weighted by molar-refractivity contribution is 0.0954. The highest BCUT2D eigenvalue weighted by Crippen LogP contribution is 2.27. The SMILES string of the molecule is C=CCn1ccc2cc(C(=O)NCCc3ccc(N4CC5CCC(C4)N5)c(F)c3)cnc21. The third-order valence-electron chi connectivity index (χ3n) is 6.46. The maximum Gasteiger partial charge on any atom is 0.252 e. The fraction of sp³-hybridized carbons (Fsp3) is 0.360. The molecular weight excluding hydrogens is 405 g/mol. The van der Waals surface area contributed by atoms with E-state index >= 15 is 0 Å². The third kappa shape index (κ3) is 4.12. The van der Waals surface area contributed by atoms with Gasteiger partial charge in [0, 0.05) is 56.0 Å². The van der Waals surface area contributed by atoms with Crippen molar-refractivity contribution in [3.63, 3.8) is 0 Å². The second kappa shape index (κ2) is 8.74. The van der Waals surface area contributed by atoms with E-state index in [2.05, 4.69) is 27.1 Å². The zero-order valence-electron chi connectivity index (χ0n) is 18.1. The van der Waals surface area contributed by atoms with E-state index in [9.17, 15) is 9.18 Å². The fourth-order valence-electron chi connectivity index (χ4n) is 4.87. The molecule has 2 unspecified atom stereocenters. The monoisotopic (exact) mass is 433 g/mol. The summed E-state index contributed by atoms with van der Waals surface area (Å²) in [5.74, 6) is -0.363. The quantitative estimate of drug-likeness (QED) is 0.562. The van der Waals surface area contributed by atoms with Crippen LogP contribution in [0.15, 0.2) is 55.4 Å². The predicted molar refractivity (Wildman–Crippen MR) is 125 cm³/mol. The highest BCUT2D eigenvalue weighted by molar-refractivity contribution is 5.97. The lowest BCUT2D eigenvalue weighted by Crippen LogP contribution is -2.51. The summed E-state index contributed by atoms with van der Waals surface area (Å²) in [5.41, 5.74) is 2.90. The summed E-state index contributed by atoms with van der Waals surface area (Å²) < 4.78 is 16.8. The first kappa shape index (κ1) is 20.7. The average Bonchev–Trinajstić information content (AvgIpc) is 3.35. The summed E-state index contributed by atoms with van der Waals surface area (Å²) in [6.07, 6.45) is 8.25. The molecule has 2 atom stereocenters. The number of carbonyl (C=O) groups is 1. The number of nitrogens with one attached hydrogen (secondary N) is 2. The van der Waals surface area contributed by atoms with Crippen molar-refractivity contribution >= 4 is 22.6 Å². The largest absolute Gasteiger partial charge is 0.366 e. The number of allylic oxidation sites excluding steroid dienone is 1. The number of piperazine rings is 1. The van der Waals surface area contributed by atoms with E-state index < -0.39 is 0 Å². The molecule has 0 aliphatic carbocycles. The first-order valence-corrected chi connectivity index (χ1v) is 11.2. The molecule has 0 spiro atoms. The number of fused-ring (bicyclic) bond motifs is 3. The molecule has 0 saturated carbocycles. The lowest BCUT2D eigenvalue weighted by Gasteiger charge is -2.34. The Balaban J connectivity index is 1.18. The summed E-state index contributed by atoms with van der Waals surface area (Å²) in [6, 6.07) is 10.2. The van der Waals surface area contributed by atoms with Gasteiger partial charge in [0.25, 0.3) is 5.91 Å². The number of benzene rings is 1. The van der Waals surface area contributed by atoms with E-state index in [0.29, 0.717) is 42.8 Å². The molecule has 2 fully saturated rings. The van der Waals surface area contributed by atoms with Gasteiger partial charge in [0.15, 0.2) is 0 Å². The van der Waals surface area contributed by atoms with Crippen molar-refractivity contribution < 1.29 is 9.18 Å². The van der Waals surface area contributed by atoms with E-state index in [1.54, 1.807) is 12.3 Å². The minimum absolute atomic E-state index is 0.177. The summed E-state index contributed by atoms with van der Waals surface area (Å²) in [5, 5.41) is 7.41. The molecule has 5 rings (SSSR count). The standard InChI is InChI=1S/C25H28FN5O/c1-2-10-30-11-8-18-13-19(14-28-24(18)30)25(32)27-9-7-17-3-6-23(22(26)12-17)31-15-20-4-5-21(16-31)29-20/h2-3,6,8,11-14,20-21,29H,1,4-5,7,9-10,15-16H2,(H,27,32). The molecule has 2 N–H and O–H groups in total. The molecule has 2 bridgehead atoms. The molecule has 4 heterocycles.